The lowest BCUT2D eigenvalue weighted by molar-refractivity contribution is -0.511. The van der Waals surface area contributed by atoms with Gasteiger partial charge in [0.15, 0.2) is 12.9 Å². The van der Waals surface area contributed by atoms with Crippen molar-refractivity contribution in [2.24, 2.45) is 0 Å². The number of hydrogen-bond donors (Lipinski definition) is 1. The Bertz CT molecular complexity index is 796. The molecular formula is C16H12Cl2N2O5. The van der Waals surface area contributed by atoms with Crippen molar-refractivity contribution in [3.63, 3.8) is 0 Å². The molecule has 1 N–H and O–H groups in total. The number of rotatable bonds is 7. The van der Waals surface area contributed by atoms with Crippen LogP contribution < -0.4 is 10.1 Å². The molecule has 1 amide bonds. The first-order valence-electron chi connectivity index (χ1n) is 6.97. The first-order chi connectivity index (χ1) is 11.9. The van der Waals surface area contributed by atoms with Crippen LogP contribution in [0.25, 0.3) is 0 Å². The summed E-state index contributed by atoms with van der Waals surface area (Å²) in [5.74, 6) is 0.0349. The van der Waals surface area contributed by atoms with Gasteiger partial charge in [-0.1, -0.05) is 23.2 Å². The highest BCUT2D eigenvalue weighted by molar-refractivity contribution is 6.32. The SMILES string of the molecule is O=CC(c1ccc(NC(=O)COc2ccc(Cl)cc2)cc1Cl)[N+](=O)[O-]. The fraction of sp³-hybridized carbons (Fsp3) is 0.125. The lowest BCUT2D eigenvalue weighted by Crippen LogP contribution is -2.20. The summed E-state index contributed by atoms with van der Waals surface area (Å²) in [5, 5.41) is 13.9. The van der Waals surface area contributed by atoms with Gasteiger partial charge in [-0.05, 0) is 42.5 Å². The standard InChI is InChI=1S/C16H12Cl2N2O5/c17-10-1-4-12(5-2-10)25-9-16(22)19-11-3-6-13(14(18)7-11)15(8-21)20(23)24/h1-8,15H,9H2,(H,19,22). The summed E-state index contributed by atoms with van der Waals surface area (Å²) >= 11 is 11.7. The van der Waals surface area contributed by atoms with Gasteiger partial charge in [0, 0.05) is 15.6 Å². The number of carbonyl (C=O) groups excluding carboxylic acids is 2. The van der Waals surface area contributed by atoms with Crippen molar-refractivity contribution in [2.75, 3.05) is 11.9 Å². The zero-order valence-electron chi connectivity index (χ0n) is 12.6. The Morgan fingerprint density at radius 1 is 1.24 bits per heavy atom. The number of nitrogens with zero attached hydrogens (tertiary/aromatic N) is 1. The van der Waals surface area contributed by atoms with E-state index in [2.05, 4.69) is 5.32 Å². The fourth-order valence-corrected chi connectivity index (χ4v) is 2.38. The van der Waals surface area contributed by atoms with Crippen molar-refractivity contribution in [1.82, 2.24) is 0 Å². The minimum absolute atomic E-state index is 0.00483. The predicted molar refractivity (Wildman–Crippen MR) is 92.8 cm³/mol. The molecule has 25 heavy (non-hydrogen) atoms. The van der Waals surface area contributed by atoms with Crippen molar-refractivity contribution >= 4 is 41.1 Å². The van der Waals surface area contributed by atoms with Crippen molar-refractivity contribution in [2.45, 2.75) is 6.04 Å². The van der Waals surface area contributed by atoms with Crippen LogP contribution in [0.4, 0.5) is 5.69 Å². The molecule has 0 aliphatic rings. The van der Waals surface area contributed by atoms with Crippen LogP contribution in [0.3, 0.4) is 0 Å². The lowest BCUT2D eigenvalue weighted by atomic mass is 10.1. The van der Waals surface area contributed by atoms with E-state index >= 15 is 0 Å². The molecule has 0 aliphatic heterocycles. The number of nitro groups is 1. The van der Waals surface area contributed by atoms with Gasteiger partial charge in [-0.25, -0.2) is 0 Å². The van der Waals surface area contributed by atoms with E-state index in [4.69, 9.17) is 27.9 Å². The summed E-state index contributed by atoms with van der Waals surface area (Å²) in [7, 11) is 0. The van der Waals surface area contributed by atoms with Crippen LogP contribution in [0.2, 0.25) is 10.0 Å². The molecule has 0 heterocycles. The Balaban J connectivity index is 1.99. The van der Waals surface area contributed by atoms with E-state index in [1.165, 1.54) is 18.2 Å². The molecule has 0 saturated heterocycles. The van der Waals surface area contributed by atoms with Crippen molar-refractivity contribution in [3.8, 4) is 5.75 Å². The van der Waals surface area contributed by atoms with Crippen LogP contribution in [0.15, 0.2) is 42.5 Å². The van der Waals surface area contributed by atoms with Gasteiger partial charge in [-0.3, -0.25) is 19.7 Å². The van der Waals surface area contributed by atoms with Gasteiger partial charge in [-0.2, -0.15) is 0 Å². The molecule has 2 aromatic rings. The highest BCUT2D eigenvalue weighted by Crippen LogP contribution is 2.27. The summed E-state index contributed by atoms with van der Waals surface area (Å²) in [5.41, 5.74) is 0.378. The number of aldehydes is 1. The Kier molecular flexibility index (Phi) is 6.32. The molecule has 7 nitrogen and oxygen atoms in total. The first-order valence-corrected chi connectivity index (χ1v) is 7.72. The van der Waals surface area contributed by atoms with E-state index < -0.39 is 16.9 Å². The molecule has 1 unspecified atom stereocenters. The van der Waals surface area contributed by atoms with E-state index in [9.17, 15) is 19.7 Å². The number of ether oxygens (including phenoxy) is 1. The molecule has 0 radical (unpaired) electrons. The number of nitrogens with one attached hydrogen (secondary N) is 1. The molecule has 2 aromatic carbocycles. The zero-order valence-corrected chi connectivity index (χ0v) is 14.2. The Morgan fingerprint density at radius 2 is 1.92 bits per heavy atom. The maximum atomic E-state index is 11.9. The minimum atomic E-state index is -1.55. The third-order valence-corrected chi connectivity index (χ3v) is 3.72. The first kappa shape index (κ1) is 18.7. The van der Waals surface area contributed by atoms with E-state index in [1.54, 1.807) is 24.3 Å². The van der Waals surface area contributed by atoms with Crippen molar-refractivity contribution in [3.05, 3.63) is 68.2 Å². The van der Waals surface area contributed by atoms with Gasteiger partial charge < -0.3 is 10.1 Å². The zero-order chi connectivity index (χ0) is 18.4. The van der Waals surface area contributed by atoms with Crippen molar-refractivity contribution < 1.29 is 19.2 Å². The fourth-order valence-electron chi connectivity index (χ4n) is 1.96. The summed E-state index contributed by atoms with van der Waals surface area (Å²) in [6.45, 7) is -0.243. The second-order valence-electron chi connectivity index (χ2n) is 4.89. The van der Waals surface area contributed by atoms with Gasteiger partial charge in [0.1, 0.15) is 5.75 Å². The molecule has 0 aromatic heterocycles. The predicted octanol–water partition coefficient (Wildman–Crippen LogP) is 3.53. The topological polar surface area (TPSA) is 98.5 Å². The van der Waals surface area contributed by atoms with Gasteiger partial charge in [0.25, 0.3) is 11.9 Å². The van der Waals surface area contributed by atoms with Gasteiger partial charge >= 0.3 is 0 Å². The maximum absolute atomic E-state index is 11.9. The summed E-state index contributed by atoms with van der Waals surface area (Å²) in [6.07, 6.45) is 0.194. The summed E-state index contributed by atoms with van der Waals surface area (Å²) < 4.78 is 5.30. The van der Waals surface area contributed by atoms with E-state index in [0.29, 0.717) is 16.5 Å². The van der Waals surface area contributed by atoms with Crippen LogP contribution in [0, 0.1) is 10.1 Å². The van der Waals surface area contributed by atoms with Crippen LogP contribution in [-0.4, -0.2) is 23.7 Å². The smallest absolute Gasteiger partial charge is 0.293 e. The van der Waals surface area contributed by atoms with Gasteiger partial charge in [0.2, 0.25) is 0 Å². The highest BCUT2D eigenvalue weighted by Gasteiger charge is 2.24. The third kappa shape index (κ3) is 5.17. The van der Waals surface area contributed by atoms with E-state index in [0.717, 1.165) is 0 Å². The number of benzene rings is 2. The lowest BCUT2D eigenvalue weighted by Gasteiger charge is -2.10. The molecule has 0 saturated carbocycles. The van der Waals surface area contributed by atoms with Crippen LogP contribution in [0.1, 0.15) is 11.6 Å². The van der Waals surface area contributed by atoms with Crippen molar-refractivity contribution in [1.29, 1.82) is 0 Å². The average Bonchev–Trinajstić information content (AvgIpc) is 2.56. The molecule has 9 heteroatoms. The van der Waals surface area contributed by atoms with Crippen LogP contribution in [0.5, 0.6) is 5.75 Å². The second-order valence-corrected chi connectivity index (χ2v) is 5.74. The molecular weight excluding hydrogens is 371 g/mol. The maximum Gasteiger partial charge on any atom is 0.293 e. The van der Waals surface area contributed by atoms with Gasteiger partial charge in [-0.15, -0.1) is 0 Å². The van der Waals surface area contributed by atoms with Crippen LogP contribution >= 0.6 is 23.2 Å². The monoisotopic (exact) mass is 382 g/mol. The highest BCUT2D eigenvalue weighted by atomic mass is 35.5. The Labute approximate surface area is 152 Å². The number of carbonyl (C=O) groups is 2. The molecule has 0 spiro atoms. The third-order valence-electron chi connectivity index (χ3n) is 3.14. The van der Waals surface area contributed by atoms with E-state index in [1.807, 2.05) is 0 Å². The Morgan fingerprint density at radius 3 is 2.48 bits per heavy atom. The Hall–Kier alpha value is -2.64. The minimum Gasteiger partial charge on any atom is -0.484 e. The number of amides is 1. The van der Waals surface area contributed by atoms with Gasteiger partial charge in [0.05, 0.1) is 10.6 Å². The van der Waals surface area contributed by atoms with Crippen LogP contribution in [-0.2, 0) is 9.59 Å². The molecule has 0 bridgehead atoms. The molecule has 0 aliphatic carbocycles. The van der Waals surface area contributed by atoms with E-state index in [-0.39, 0.29) is 23.5 Å². The molecule has 2 rings (SSSR count). The number of anilines is 1. The molecule has 1 atom stereocenters. The second kappa shape index (κ2) is 8.46. The summed E-state index contributed by atoms with van der Waals surface area (Å²) in [6, 6.07) is 9.03. The number of hydrogen-bond acceptors (Lipinski definition) is 5. The largest absolute Gasteiger partial charge is 0.484 e. The average molecular weight is 383 g/mol. The summed E-state index contributed by atoms with van der Waals surface area (Å²) in [4.78, 5) is 32.7. The molecule has 130 valence electrons. The molecule has 0 fully saturated rings. The number of halogens is 2. The quantitative estimate of drug-likeness (QED) is 0.448. The normalized spacial score (nSPS) is 11.4.